The molecule has 0 aliphatic rings. The molecule has 23 heavy (non-hydrogen) atoms. The molecule has 2 amide bonds. The summed E-state index contributed by atoms with van der Waals surface area (Å²) in [5.74, 6) is 0. The normalized spacial score (nSPS) is 10.5. The molecule has 0 saturated carbocycles. The Balaban J connectivity index is 1.48. The number of amides is 2. The van der Waals surface area contributed by atoms with Crippen molar-refractivity contribution < 1.29 is 4.79 Å². The third kappa shape index (κ3) is 4.21. The third-order valence-electron chi connectivity index (χ3n) is 3.52. The Kier molecular flexibility index (Phi) is 5.10. The van der Waals surface area contributed by atoms with E-state index in [9.17, 15) is 4.79 Å². The lowest BCUT2D eigenvalue weighted by Crippen LogP contribution is -2.30. The number of nitrogens with one attached hydrogen (secondary N) is 2. The number of hydrogen-bond acceptors (Lipinski definition) is 3. The molecule has 0 bridgehead atoms. The minimum absolute atomic E-state index is 0.158. The van der Waals surface area contributed by atoms with Crippen LogP contribution in [0.5, 0.6) is 0 Å². The molecule has 5 heteroatoms. The highest BCUT2D eigenvalue weighted by Crippen LogP contribution is 2.29. The number of benzene rings is 1. The van der Waals surface area contributed by atoms with Gasteiger partial charge in [0.05, 0.1) is 0 Å². The predicted molar refractivity (Wildman–Crippen MR) is 99.5 cm³/mol. The summed E-state index contributed by atoms with van der Waals surface area (Å²) >= 11 is 3.49. The molecular weight excluding hydrogens is 324 g/mol. The maximum Gasteiger partial charge on any atom is 0.319 e. The van der Waals surface area contributed by atoms with Gasteiger partial charge >= 0.3 is 6.03 Å². The molecule has 2 aromatic heterocycles. The first-order valence-corrected chi connectivity index (χ1v) is 9.20. The van der Waals surface area contributed by atoms with Crippen LogP contribution in [0, 0.1) is 6.92 Å². The number of aryl methyl sites for hydroxylation is 1. The third-order valence-corrected chi connectivity index (χ3v) is 5.39. The lowest BCUT2D eigenvalue weighted by Gasteiger charge is -2.09. The zero-order chi connectivity index (χ0) is 16.1. The minimum Gasteiger partial charge on any atom is -0.338 e. The molecule has 0 aliphatic heterocycles. The second kappa shape index (κ2) is 7.44. The second-order valence-electron chi connectivity index (χ2n) is 5.22. The van der Waals surface area contributed by atoms with Crippen LogP contribution in [0.25, 0.3) is 10.4 Å². The van der Waals surface area contributed by atoms with Gasteiger partial charge in [0.1, 0.15) is 0 Å². The van der Waals surface area contributed by atoms with E-state index in [1.807, 2.05) is 31.2 Å². The number of anilines is 1. The maximum absolute atomic E-state index is 11.9. The van der Waals surface area contributed by atoms with Gasteiger partial charge in [0.2, 0.25) is 0 Å². The summed E-state index contributed by atoms with van der Waals surface area (Å²) in [7, 11) is 0. The van der Waals surface area contributed by atoms with E-state index in [2.05, 4.69) is 39.6 Å². The highest BCUT2D eigenvalue weighted by atomic mass is 32.1. The standard InChI is InChI=1S/C18H18N2OS2/c1-13-4-2-3-5-16(13)20-18(21)19-10-8-15-6-7-17(23-15)14-9-11-22-12-14/h2-7,9,11-12H,8,10H2,1H3,(H2,19,20,21). The number of carbonyl (C=O) groups is 1. The first kappa shape index (κ1) is 15.8. The Morgan fingerprint density at radius 2 is 2.00 bits per heavy atom. The SMILES string of the molecule is Cc1ccccc1NC(=O)NCCc1ccc(-c2ccsc2)s1. The van der Waals surface area contributed by atoms with E-state index in [-0.39, 0.29) is 6.03 Å². The van der Waals surface area contributed by atoms with Gasteiger partial charge in [-0.2, -0.15) is 11.3 Å². The minimum atomic E-state index is -0.158. The molecule has 0 spiro atoms. The van der Waals surface area contributed by atoms with Gasteiger partial charge in [-0.15, -0.1) is 11.3 Å². The van der Waals surface area contributed by atoms with E-state index < -0.39 is 0 Å². The smallest absolute Gasteiger partial charge is 0.319 e. The fourth-order valence-electron chi connectivity index (χ4n) is 2.25. The summed E-state index contributed by atoms with van der Waals surface area (Å²) in [6.07, 6.45) is 0.843. The quantitative estimate of drug-likeness (QED) is 0.661. The summed E-state index contributed by atoms with van der Waals surface area (Å²) < 4.78 is 0. The van der Waals surface area contributed by atoms with Crippen molar-refractivity contribution in [1.29, 1.82) is 0 Å². The Labute approximate surface area is 144 Å². The van der Waals surface area contributed by atoms with Crippen LogP contribution < -0.4 is 10.6 Å². The summed E-state index contributed by atoms with van der Waals surface area (Å²) in [5, 5.41) is 10.0. The molecule has 0 aliphatic carbocycles. The van der Waals surface area contributed by atoms with Gasteiger partial charge in [-0.3, -0.25) is 0 Å². The van der Waals surface area contributed by atoms with Crippen molar-refractivity contribution in [2.24, 2.45) is 0 Å². The van der Waals surface area contributed by atoms with Crippen molar-refractivity contribution in [3.63, 3.8) is 0 Å². The highest BCUT2D eigenvalue weighted by Gasteiger charge is 2.05. The van der Waals surface area contributed by atoms with Crippen LogP contribution in [0.2, 0.25) is 0 Å². The number of hydrogen-bond donors (Lipinski definition) is 2. The van der Waals surface area contributed by atoms with E-state index in [1.54, 1.807) is 22.7 Å². The average molecular weight is 342 g/mol. The van der Waals surface area contributed by atoms with Gasteiger partial charge < -0.3 is 10.6 Å². The fraction of sp³-hybridized carbons (Fsp3) is 0.167. The Bertz CT molecular complexity index is 778. The van der Waals surface area contributed by atoms with Gasteiger partial charge in [0.15, 0.2) is 0 Å². The van der Waals surface area contributed by atoms with Gasteiger partial charge in [-0.1, -0.05) is 18.2 Å². The van der Waals surface area contributed by atoms with Crippen LogP contribution in [-0.4, -0.2) is 12.6 Å². The van der Waals surface area contributed by atoms with Crippen LogP contribution in [0.4, 0.5) is 10.5 Å². The number of thiophene rings is 2. The molecule has 0 fully saturated rings. The van der Waals surface area contributed by atoms with Crippen LogP contribution in [0.3, 0.4) is 0 Å². The van der Waals surface area contributed by atoms with E-state index in [1.165, 1.54) is 15.3 Å². The highest BCUT2D eigenvalue weighted by molar-refractivity contribution is 7.16. The summed E-state index contributed by atoms with van der Waals surface area (Å²) in [6, 6.07) is 14.0. The van der Waals surface area contributed by atoms with Crippen molar-refractivity contribution in [2.75, 3.05) is 11.9 Å². The van der Waals surface area contributed by atoms with Crippen LogP contribution >= 0.6 is 22.7 Å². The Morgan fingerprint density at radius 1 is 1.13 bits per heavy atom. The topological polar surface area (TPSA) is 41.1 Å². The molecule has 2 N–H and O–H groups in total. The van der Waals surface area contributed by atoms with Gasteiger partial charge in [-0.25, -0.2) is 4.79 Å². The monoisotopic (exact) mass is 342 g/mol. The Morgan fingerprint density at radius 3 is 2.78 bits per heavy atom. The van der Waals surface area contributed by atoms with Gasteiger partial charge in [0, 0.05) is 27.5 Å². The van der Waals surface area contributed by atoms with E-state index in [4.69, 9.17) is 0 Å². The molecular formula is C18H18N2OS2. The summed E-state index contributed by atoms with van der Waals surface area (Å²) in [4.78, 5) is 14.5. The molecule has 0 saturated heterocycles. The van der Waals surface area contributed by atoms with Gasteiger partial charge in [-0.05, 0) is 53.9 Å². The van der Waals surface area contributed by atoms with Crippen molar-refractivity contribution >= 4 is 34.4 Å². The first-order chi connectivity index (χ1) is 11.2. The molecule has 0 unspecified atom stereocenters. The number of rotatable bonds is 5. The molecule has 0 radical (unpaired) electrons. The van der Waals surface area contributed by atoms with Crippen molar-refractivity contribution in [2.45, 2.75) is 13.3 Å². The molecule has 0 atom stereocenters. The zero-order valence-corrected chi connectivity index (χ0v) is 14.5. The molecule has 1 aromatic carbocycles. The van der Waals surface area contributed by atoms with E-state index >= 15 is 0 Å². The summed E-state index contributed by atoms with van der Waals surface area (Å²) in [6.45, 7) is 2.61. The molecule has 3 rings (SSSR count). The van der Waals surface area contributed by atoms with Crippen LogP contribution in [0.1, 0.15) is 10.4 Å². The average Bonchev–Trinajstić information content (AvgIpc) is 3.20. The molecule has 3 nitrogen and oxygen atoms in total. The van der Waals surface area contributed by atoms with Crippen LogP contribution in [0.15, 0.2) is 53.2 Å². The van der Waals surface area contributed by atoms with Crippen molar-refractivity contribution in [3.05, 3.63) is 63.7 Å². The largest absolute Gasteiger partial charge is 0.338 e. The van der Waals surface area contributed by atoms with E-state index in [0.717, 1.165) is 17.7 Å². The first-order valence-electron chi connectivity index (χ1n) is 7.44. The second-order valence-corrected chi connectivity index (χ2v) is 7.17. The number of para-hydroxylation sites is 1. The van der Waals surface area contributed by atoms with Crippen molar-refractivity contribution in [1.82, 2.24) is 5.32 Å². The summed E-state index contributed by atoms with van der Waals surface area (Å²) in [5.41, 5.74) is 3.18. The lowest BCUT2D eigenvalue weighted by molar-refractivity contribution is 0.252. The predicted octanol–water partition coefficient (Wildman–Crippen LogP) is 5.15. The number of carbonyl (C=O) groups excluding carboxylic acids is 1. The molecule has 3 aromatic rings. The van der Waals surface area contributed by atoms with Crippen LogP contribution in [-0.2, 0) is 6.42 Å². The fourth-order valence-corrected chi connectivity index (χ4v) is 3.99. The van der Waals surface area contributed by atoms with Gasteiger partial charge in [0.25, 0.3) is 0 Å². The lowest BCUT2D eigenvalue weighted by atomic mass is 10.2. The molecule has 118 valence electrons. The van der Waals surface area contributed by atoms with E-state index in [0.29, 0.717) is 6.54 Å². The maximum atomic E-state index is 11.9. The molecule has 2 heterocycles. The van der Waals surface area contributed by atoms with Crippen molar-refractivity contribution in [3.8, 4) is 10.4 Å². The zero-order valence-electron chi connectivity index (χ0n) is 12.8. The number of urea groups is 1. The Hall–Kier alpha value is -2.11.